The molecule has 0 saturated carbocycles. The van der Waals surface area contributed by atoms with E-state index in [4.69, 9.17) is 11.6 Å². The zero-order valence-electron chi connectivity index (χ0n) is 9.95. The topological polar surface area (TPSA) is 46.2 Å². The molecule has 0 spiro atoms. The molecule has 1 N–H and O–H groups in total. The number of benzene rings is 1. The van der Waals surface area contributed by atoms with Crippen LogP contribution in [0.25, 0.3) is 0 Å². The second-order valence-electron chi connectivity index (χ2n) is 3.91. The van der Waals surface area contributed by atoms with E-state index in [9.17, 15) is 8.42 Å². The zero-order chi connectivity index (χ0) is 12.7. The smallest absolute Gasteiger partial charge is 0.152 e. The van der Waals surface area contributed by atoms with Gasteiger partial charge in [-0.1, -0.05) is 37.1 Å². The Hall–Kier alpha value is -0.740. The highest BCUT2D eigenvalue weighted by molar-refractivity contribution is 7.91. The highest BCUT2D eigenvalue weighted by Gasteiger charge is 2.09. The van der Waals surface area contributed by atoms with Crippen LogP contribution in [0.5, 0.6) is 0 Å². The number of nitrogens with one attached hydrogen (secondary N) is 1. The van der Waals surface area contributed by atoms with E-state index < -0.39 is 9.84 Å². The van der Waals surface area contributed by atoms with E-state index in [-0.39, 0.29) is 11.5 Å². The molecule has 0 radical (unpaired) electrons. The van der Waals surface area contributed by atoms with Gasteiger partial charge in [0, 0.05) is 6.54 Å². The highest BCUT2D eigenvalue weighted by Crippen LogP contribution is 2.19. The quantitative estimate of drug-likeness (QED) is 0.832. The van der Waals surface area contributed by atoms with Crippen LogP contribution >= 0.6 is 11.6 Å². The van der Waals surface area contributed by atoms with Gasteiger partial charge < -0.3 is 5.32 Å². The summed E-state index contributed by atoms with van der Waals surface area (Å²) in [4.78, 5) is 0. The standard InChI is InChI=1S/C12H18ClNO2S/c1-2-3-9-17(15,16)10-8-14-12-7-5-4-6-11(12)13/h4-7,14H,2-3,8-10H2,1H3. The molecular weight excluding hydrogens is 258 g/mol. The zero-order valence-corrected chi connectivity index (χ0v) is 11.5. The molecule has 0 unspecified atom stereocenters. The number of hydrogen-bond acceptors (Lipinski definition) is 3. The summed E-state index contributed by atoms with van der Waals surface area (Å²) >= 11 is 5.95. The molecule has 96 valence electrons. The van der Waals surface area contributed by atoms with Gasteiger partial charge >= 0.3 is 0 Å². The van der Waals surface area contributed by atoms with Crippen LogP contribution in [0.4, 0.5) is 5.69 Å². The minimum atomic E-state index is -2.93. The van der Waals surface area contributed by atoms with Crippen LogP contribution in [0, 0.1) is 0 Å². The molecule has 0 heterocycles. The lowest BCUT2D eigenvalue weighted by Crippen LogP contribution is -2.18. The Morgan fingerprint density at radius 3 is 2.59 bits per heavy atom. The molecule has 5 heteroatoms. The molecular formula is C12H18ClNO2S. The Morgan fingerprint density at radius 2 is 1.94 bits per heavy atom. The predicted molar refractivity (Wildman–Crippen MR) is 73.5 cm³/mol. The predicted octanol–water partition coefficient (Wildman–Crippen LogP) is 2.97. The number of anilines is 1. The van der Waals surface area contributed by atoms with Gasteiger partial charge in [0.05, 0.1) is 22.2 Å². The van der Waals surface area contributed by atoms with Crippen molar-refractivity contribution in [2.24, 2.45) is 0 Å². The lowest BCUT2D eigenvalue weighted by molar-refractivity contribution is 0.593. The molecule has 0 aromatic heterocycles. The number of sulfone groups is 1. The number of halogens is 1. The van der Waals surface area contributed by atoms with Gasteiger partial charge in [-0.05, 0) is 18.6 Å². The van der Waals surface area contributed by atoms with Crippen molar-refractivity contribution in [2.75, 3.05) is 23.4 Å². The summed E-state index contributed by atoms with van der Waals surface area (Å²) in [5.74, 6) is 0.423. The molecule has 0 aliphatic heterocycles. The van der Waals surface area contributed by atoms with Gasteiger partial charge in [-0.15, -0.1) is 0 Å². The van der Waals surface area contributed by atoms with Crippen LogP contribution < -0.4 is 5.32 Å². The second kappa shape index (κ2) is 6.87. The van der Waals surface area contributed by atoms with E-state index >= 15 is 0 Å². The molecule has 0 fully saturated rings. The average molecular weight is 276 g/mol. The van der Waals surface area contributed by atoms with Crippen LogP contribution in [-0.4, -0.2) is 26.5 Å². The Labute approximate surface area is 108 Å². The van der Waals surface area contributed by atoms with E-state index in [1.165, 1.54) is 0 Å². The molecule has 17 heavy (non-hydrogen) atoms. The fourth-order valence-corrected chi connectivity index (χ4v) is 2.96. The van der Waals surface area contributed by atoms with Gasteiger partial charge in [0.2, 0.25) is 0 Å². The van der Waals surface area contributed by atoms with E-state index in [0.717, 1.165) is 18.5 Å². The maximum absolute atomic E-state index is 11.6. The largest absolute Gasteiger partial charge is 0.383 e. The van der Waals surface area contributed by atoms with Crippen LogP contribution in [-0.2, 0) is 9.84 Å². The third-order valence-corrected chi connectivity index (χ3v) is 4.48. The first-order valence-corrected chi connectivity index (χ1v) is 7.94. The fraction of sp³-hybridized carbons (Fsp3) is 0.500. The van der Waals surface area contributed by atoms with Gasteiger partial charge in [0.15, 0.2) is 9.84 Å². The van der Waals surface area contributed by atoms with Crippen molar-refractivity contribution in [1.82, 2.24) is 0 Å². The van der Waals surface area contributed by atoms with Crippen molar-refractivity contribution in [1.29, 1.82) is 0 Å². The summed E-state index contributed by atoms with van der Waals surface area (Å²) in [6.07, 6.45) is 1.63. The molecule has 0 atom stereocenters. The van der Waals surface area contributed by atoms with Crippen LogP contribution in [0.3, 0.4) is 0 Å². The SMILES string of the molecule is CCCCS(=O)(=O)CCNc1ccccc1Cl. The molecule has 0 aliphatic rings. The van der Waals surface area contributed by atoms with Gasteiger partial charge in [0.1, 0.15) is 0 Å². The first-order valence-electron chi connectivity index (χ1n) is 5.74. The van der Waals surface area contributed by atoms with E-state index in [1.807, 2.05) is 25.1 Å². The molecule has 0 saturated heterocycles. The number of rotatable bonds is 7. The first-order chi connectivity index (χ1) is 8.05. The van der Waals surface area contributed by atoms with Gasteiger partial charge in [0.25, 0.3) is 0 Å². The summed E-state index contributed by atoms with van der Waals surface area (Å²) < 4.78 is 23.2. The summed E-state index contributed by atoms with van der Waals surface area (Å²) in [7, 11) is -2.93. The number of para-hydroxylation sites is 1. The van der Waals surface area contributed by atoms with Crippen LogP contribution in [0.1, 0.15) is 19.8 Å². The van der Waals surface area contributed by atoms with Crippen LogP contribution in [0.2, 0.25) is 5.02 Å². The number of hydrogen-bond donors (Lipinski definition) is 1. The minimum Gasteiger partial charge on any atom is -0.383 e. The van der Waals surface area contributed by atoms with Gasteiger partial charge in [-0.25, -0.2) is 8.42 Å². The minimum absolute atomic E-state index is 0.151. The Balaban J connectivity index is 2.40. The normalized spacial score (nSPS) is 11.4. The fourth-order valence-electron chi connectivity index (χ4n) is 1.41. The lowest BCUT2D eigenvalue weighted by Gasteiger charge is -2.08. The molecule has 0 bridgehead atoms. The van der Waals surface area contributed by atoms with E-state index in [0.29, 0.717) is 11.6 Å². The Morgan fingerprint density at radius 1 is 1.24 bits per heavy atom. The molecule has 0 amide bonds. The third-order valence-electron chi connectivity index (χ3n) is 2.41. The summed E-state index contributed by atoms with van der Waals surface area (Å²) in [6.45, 7) is 2.38. The summed E-state index contributed by atoms with van der Waals surface area (Å²) in [5.41, 5.74) is 0.778. The molecule has 1 aromatic rings. The first kappa shape index (κ1) is 14.3. The molecule has 1 aromatic carbocycles. The monoisotopic (exact) mass is 275 g/mol. The van der Waals surface area contributed by atoms with Gasteiger partial charge in [-0.3, -0.25) is 0 Å². The highest BCUT2D eigenvalue weighted by atomic mass is 35.5. The van der Waals surface area contributed by atoms with Crippen molar-refractivity contribution in [3.63, 3.8) is 0 Å². The summed E-state index contributed by atoms with van der Waals surface area (Å²) in [5, 5.41) is 3.64. The second-order valence-corrected chi connectivity index (χ2v) is 6.62. The number of unbranched alkanes of at least 4 members (excludes halogenated alkanes) is 1. The lowest BCUT2D eigenvalue weighted by atomic mass is 10.3. The Bertz CT molecular complexity index is 446. The van der Waals surface area contributed by atoms with Crippen molar-refractivity contribution < 1.29 is 8.42 Å². The maximum Gasteiger partial charge on any atom is 0.152 e. The summed E-state index contributed by atoms with van der Waals surface area (Å²) in [6, 6.07) is 7.31. The van der Waals surface area contributed by atoms with Crippen LogP contribution in [0.15, 0.2) is 24.3 Å². The van der Waals surface area contributed by atoms with E-state index in [2.05, 4.69) is 5.32 Å². The maximum atomic E-state index is 11.6. The third kappa shape index (κ3) is 5.41. The van der Waals surface area contributed by atoms with Crippen molar-refractivity contribution >= 4 is 27.1 Å². The Kier molecular flexibility index (Phi) is 5.78. The van der Waals surface area contributed by atoms with E-state index in [1.54, 1.807) is 6.07 Å². The molecule has 3 nitrogen and oxygen atoms in total. The van der Waals surface area contributed by atoms with Crippen molar-refractivity contribution in [3.8, 4) is 0 Å². The molecule has 1 rings (SSSR count). The molecule has 0 aliphatic carbocycles. The van der Waals surface area contributed by atoms with Crippen molar-refractivity contribution in [3.05, 3.63) is 29.3 Å². The van der Waals surface area contributed by atoms with Crippen molar-refractivity contribution in [2.45, 2.75) is 19.8 Å². The average Bonchev–Trinajstić information content (AvgIpc) is 2.29. The van der Waals surface area contributed by atoms with Gasteiger partial charge in [-0.2, -0.15) is 0 Å².